The summed E-state index contributed by atoms with van der Waals surface area (Å²) in [6.45, 7) is 4.97. The van der Waals surface area contributed by atoms with E-state index >= 15 is 0 Å². The molecule has 0 aromatic carbocycles. The summed E-state index contributed by atoms with van der Waals surface area (Å²) in [5, 5.41) is 23.3. The second-order valence-corrected chi connectivity index (χ2v) is 23.5. The first-order valence-electron chi connectivity index (χ1n) is 34.1. The summed E-state index contributed by atoms with van der Waals surface area (Å²) in [5.41, 5.74) is 0. The van der Waals surface area contributed by atoms with E-state index in [0.717, 1.165) is 44.9 Å². The van der Waals surface area contributed by atoms with Gasteiger partial charge in [-0.1, -0.05) is 314 Å². The van der Waals surface area contributed by atoms with Crippen molar-refractivity contribution >= 4 is 11.9 Å². The van der Waals surface area contributed by atoms with E-state index in [4.69, 9.17) is 4.74 Å². The number of carbonyl (C=O) groups is 2. The average Bonchev–Trinajstić information content (AvgIpc) is 3.41. The van der Waals surface area contributed by atoms with E-state index in [1.54, 1.807) is 0 Å². The molecule has 2 unspecified atom stereocenters. The molecule has 2 atom stereocenters. The van der Waals surface area contributed by atoms with E-state index in [0.29, 0.717) is 25.9 Å². The summed E-state index contributed by atoms with van der Waals surface area (Å²) in [6, 6.07) is -0.541. The van der Waals surface area contributed by atoms with Crippen molar-refractivity contribution in [1.29, 1.82) is 0 Å². The van der Waals surface area contributed by atoms with Crippen molar-refractivity contribution in [3.8, 4) is 0 Å². The van der Waals surface area contributed by atoms with Crippen molar-refractivity contribution in [3.05, 3.63) is 24.3 Å². The molecule has 0 spiro atoms. The summed E-state index contributed by atoms with van der Waals surface area (Å²) in [7, 11) is 0. The number of aliphatic hydroxyl groups is 2. The van der Waals surface area contributed by atoms with Gasteiger partial charge in [-0.05, 0) is 77.0 Å². The lowest BCUT2D eigenvalue weighted by atomic mass is 10.0. The molecule has 75 heavy (non-hydrogen) atoms. The van der Waals surface area contributed by atoms with E-state index in [9.17, 15) is 19.8 Å². The Bertz CT molecular complexity index is 1170. The summed E-state index contributed by atoms with van der Waals surface area (Å²) < 4.78 is 5.50. The van der Waals surface area contributed by atoms with Gasteiger partial charge in [0.15, 0.2) is 0 Å². The van der Waals surface area contributed by atoms with Crippen LogP contribution in [0.1, 0.15) is 380 Å². The van der Waals surface area contributed by atoms with Gasteiger partial charge in [0.05, 0.1) is 25.4 Å². The molecule has 3 N–H and O–H groups in total. The third-order valence-electron chi connectivity index (χ3n) is 16.0. The van der Waals surface area contributed by atoms with E-state index in [2.05, 4.69) is 43.5 Å². The predicted octanol–water partition coefficient (Wildman–Crippen LogP) is 21.8. The Kier molecular flexibility index (Phi) is 63.4. The predicted molar refractivity (Wildman–Crippen MR) is 329 cm³/mol. The third kappa shape index (κ3) is 61.4. The van der Waals surface area contributed by atoms with E-state index in [1.807, 2.05) is 0 Å². The SMILES string of the molecule is CCCCCCCC/C=C\CCCCCCCCCC(=O)OCCCCCCCCCCCCCC/C=C\CCCCCCCCCCCCCC(=O)NC(CO)C(O)CCCCCCCCCCCCCCCC. The first kappa shape index (κ1) is 73.3. The van der Waals surface area contributed by atoms with Gasteiger partial charge in [-0.3, -0.25) is 9.59 Å². The minimum Gasteiger partial charge on any atom is -0.466 e. The molecule has 0 bridgehead atoms. The second-order valence-electron chi connectivity index (χ2n) is 23.5. The molecule has 0 aromatic heterocycles. The molecule has 0 saturated carbocycles. The summed E-state index contributed by atoms with van der Waals surface area (Å²) >= 11 is 0. The van der Waals surface area contributed by atoms with Gasteiger partial charge in [-0.15, -0.1) is 0 Å². The maximum atomic E-state index is 12.5. The number of unbranched alkanes of at least 4 members (excludes halogenated alkanes) is 49. The largest absolute Gasteiger partial charge is 0.466 e. The van der Waals surface area contributed by atoms with Crippen molar-refractivity contribution < 1.29 is 24.5 Å². The van der Waals surface area contributed by atoms with Crippen molar-refractivity contribution in [1.82, 2.24) is 5.32 Å². The van der Waals surface area contributed by atoms with Crippen LogP contribution in [0.4, 0.5) is 0 Å². The van der Waals surface area contributed by atoms with Gasteiger partial charge in [-0.25, -0.2) is 0 Å². The minimum absolute atomic E-state index is 0.0124. The quantitative estimate of drug-likeness (QED) is 0.0320. The van der Waals surface area contributed by atoms with Gasteiger partial charge in [0.25, 0.3) is 0 Å². The standard InChI is InChI=1S/C69H133NO5/c1-3-5-7-9-11-13-15-17-19-31-35-39-43-47-51-55-59-63-69(74)75-64-60-56-52-48-44-40-36-33-30-28-26-24-22-20-21-23-25-27-29-32-34-38-42-46-50-54-58-62-68(73)70-66(65-71)67(72)61-57-53-49-45-41-37-18-16-14-12-10-8-6-4-2/h17,19-21,66-67,71-72H,3-16,18,22-65H2,1-2H3,(H,70,73)/b19-17-,21-20-. The molecule has 0 radical (unpaired) electrons. The lowest BCUT2D eigenvalue weighted by molar-refractivity contribution is -0.143. The average molecular weight is 1060 g/mol. The Balaban J connectivity index is 3.36. The first-order chi connectivity index (χ1) is 37.0. The molecular formula is C69H133NO5. The Morgan fingerprint density at radius 1 is 0.360 bits per heavy atom. The highest BCUT2D eigenvalue weighted by atomic mass is 16.5. The monoisotopic (exact) mass is 1060 g/mol. The van der Waals surface area contributed by atoms with Crippen LogP contribution in [0, 0.1) is 0 Å². The topological polar surface area (TPSA) is 95.9 Å². The Morgan fingerprint density at radius 2 is 0.627 bits per heavy atom. The Morgan fingerprint density at radius 3 is 0.947 bits per heavy atom. The summed E-state index contributed by atoms with van der Waals surface area (Å²) in [6.07, 6.45) is 80.7. The fourth-order valence-corrected chi connectivity index (χ4v) is 10.7. The number of amides is 1. The summed E-state index contributed by atoms with van der Waals surface area (Å²) in [5.74, 6) is -0.0213. The van der Waals surface area contributed by atoms with Crippen LogP contribution in [0.25, 0.3) is 0 Å². The molecule has 0 aliphatic carbocycles. The maximum absolute atomic E-state index is 12.5. The molecule has 0 fully saturated rings. The second kappa shape index (κ2) is 64.9. The molecule has 0 rings (SSSR count). The number of carbonyl (C=O) groups excluding carboxylic acids is 2. The number of ether oxygens (including phenoxy) is 1. The van der Waals surface area contributed by atoms with Gasteiger partial charge in [0.1, 0.15) is 0 Å². The zero-order chi connectivity index (χ0) is 54.3. The number of hydrogen-bond acceptors (Lipinski definition) is 5. The van der Waals surface area contributed by atoms with Crippen molar-refractivity contribution in [3.63, 3.8) is 0 Å². The summed E-state index contributed by atoms with van der Waals surface area (Å²) in [4.78, 5) is 24.6. The maximum Gasteiger partial charge on any atom is 0.305 e. The molecule has 444 valence electrons. The van der Waals surface area contributed by atoms with Gasteiger partial charge < -0.3 is 20.3 Å². The van der Waals surface area contributed by atoms with Crippen molar-refractivity contribution in [2.75, 3.05) is 13.2 Å². The molecule has 0 aliphatic rings. The minimum atomic E-state index is -0.664. The Hall–Kier alpha value is -1.66. The van der Waals surface area contributed by atoms with Crippen LogP contribution in [-0.4, -0.2) is 47.4 Å². The highest BCUT2D eigenvalue weighted by Gasteiger charge is 2.20. The number of allylic oxidation sites excluding steroid dienone is 4. The first-order valence-corrected chi connectivity index (χ1v) is 34.1. The lowest BCUT2D eigenvalue weighted by Crippen LogP contribution is -2.45. The van der Waals surface area contributed by atoms with Crippen LogP contribution in [0.5, 0.6) is 0 Å². The molecule has 0 aromatic rings. The third-order valence-corrected chi connectivity index (χ3v) is 16.0. The van der Waals surface area contributed by atoms with E-state index in [1.165, 1.54) is 302 Å². The van der Waals surface area contributed by atoms with Crippen LogP contribution < -0.4 is 5.32 Å². The van der Waals surface area contributed by atoms with Gasteiger partial charge >= 0.3 is 5.97 Å². The van der Waals surface area contributed by atoms with Gasteiger partial charge in [0, 0.05) is 12.8 Å². The smallest absolute Gasteiger partial charge is 0.305 e. The Labute approximate surface area is 469 Å². The van der Waals surface area contributed by atoms with Crippen LogP contribution in [0.3, 0.4) is 0 Å². The van der Waals surface area contributed by atoms with Crippen LogP contribution in [0.2, 0.25) is 0 Å². The highest BCUT2D eigenvalue weighted by Crippen LogP contribution is 2.18. The van der Waals surface area contributed by atoms with Gasteiger partial charge in [0.2, 0.25) is 5.91 Å². The number of esters is 1. The fourth-order valence-electron chi connectivity index (χ4n) is 10.7. The van der Waals surface area contributed by atoms with Crippen molar-refractivity contribution in [2.24, 2.45) is 0 Å². The van der Waals surface area contributed by atoms with E-state index in [-0.39, 0.29) is 18.5 Å². The van der Waals surface area contributed by atoms with Crippen LogP contribution >= 0.6 is 0 Å². The lowest BCUT2D eigenvalue weighted by Gasteiger charge is -2.22. The molecular weight excluding hydrogens is 923 g/mol. The fraction of sp³-hybridized carbons (Fsp3) is 0.913. The zero-order valence-corrected chi connectivity index (χ0v) is 50.8. The highest BCUT2D eigenvalue weighted by molar-refractivity contribution is 5.76. The molecule has 1 amide bonds. The molecule has 0 saturated heterocycles. The van der Waals surface area contributed by atoms with E-state index < -0.39 is 12.1 Å². The van der Waals surface area contributed by atoms with Gasteiger partial charge in [-0.2, -0.15) is 0 Å². The number of hydrogen-bond donors (Lipinski definition) is 3. The van der Waals surface area contributed by atoms with Crippen molar-refractivity contribution in [2.45, 2.75) is 392 Å². The molecule has 6 heteroatoms. The molecule has 0 aliphatic heterocycles. The number of rotatable bonds is 64. The molecule has 6 nitrogen and oxygen atoms in total. The normalized spacial score (nSPS) is 12.6. The number of nitrogens with one attached hydrogen (secondary N) is 1. The zero-order valence-electron chi connectivity index (χ0n) is 50.8. The number of aliphatic hydroxyl groups excluding tert-OH is 2. The molecule has 0 heterocycles. The van der Waals surface area contributed by atoms with Crippen LogP contribution in [0.15, 0.2) is 24.3 Å². The van der Waals surface area contributed by atoms with Crippen LogP contribution in [-0.2, 0) is 14.3 Å².